The summed E-state index contributed by atoms with van der Waals surface area (Å²) in [7, 11) is -3.94. The van der Waals surface area contributed by atoms with Crippen LogP contribution in [-0.4, -0.2) is 117 Å². The Morgan fingerprint density at radius 2 is 1.57 bits per heavy atom. The number of rotatable bonds is 6. The normalized spacial score (nSPS) is 35.2. The van der Waals surface area contributed by atoms with Crippen molar-refractivity contribution in [3.05, 3.63) is 0 Å². The molecular formula is C24H34Cl2N4O8S2. The third-order valence-corrected chi connectivity index (χ3v) is 13.3. The van der Waals surface area contributed by atoms with Crippen LogP contribution >= 0.6 is 35.8 Å². The first kappa shape index (κ1) is 31.2. The van der Waals surface area contributed by atoms with Crippen molar-refractivity contribution in [3.8, 4) is 0 Å². The summed E-state index contributed by atoms with van der Waals surface area (Å²) < 4.78 is 33.7. The van der Waals surface area contributed by atoms with Gasteiger partial charge in [0.25, 0.3) is 5.91 Å². The van der Waals surface area contributed by atoms with Gasteiger partial charge in [-0.2, -0.15) is 0 Å². The lowest BCUT2D eigenvalue weighted by Crippen LogP contribution is -2.65. The molecule has 0 saturated carbocycles. The van der Waals surface area contributed by atoms with Gasteiger partial charge in [0.1, 0.15) is 27.6 Å². The topological polar surface area (TPSA) is 143 Å². The highest BCUT2D eigenvalue weighted by atomic mass is 35.5. The Bertz CT molecular complexity index is 1220. The summed E-state index contributed by atoms with van der Waals surface area (Å²) in [5.74, 6) is -2.70. The molecule has 0 radical (unpaired) electrons. The highest BCUT2D eigenvalue weighted by molar-refractivity contribution is 8.01. The van der Waals surface area contributed by atoms with E-state index < -0.39 is 72.8 Å². The maximum Gasteiger partial charge on any atom is 0.333 e. The molecule has 6 atom stereocenters. The summed E-state index contributed by atoms with van der Waals surface area (Å²) >= 11 is 7.37. The fraction of sp³-hybridized carbons (Fsp3) is 0.792. The Balaban J connectivity index is 0.00000370. The number of esters is 2. The summed E-state index contributed by atoms with van der Waals surface area (Å²) in [5, 5.41) is -2.87. The predicted octanol–water partition coefficient (Wildman–Crippen LogP) is 1.14. The zero-order valence-corrected chi connectivity index (χ0v) is 25.9. The van der Waals surface area contributed by atoms with Crippen molar-refractivity contribution in [2.24, 2.45) is 4.99 Å². The number of fused-ring (bicyclic) bond motifs is 2. The number of sulfone groups is 1. The summed E-state index contributed by atoms with van der Waals surface area (Å²) in [5.41, 5.74) is 0. The fourth-order valence-electron chi connectivity index (χ4n) is 6.02. The average molecular weight is 642 g/mol. The molecule has 5 aliphatic heterocycles. The van der Waals surface area contributed by atoms with Crippen LogP contribution in [0.3, 0.4) is 0 Å². The van der Waals surface area contributed by atoms with Crippen LogP contribution in [0.4, 0.5) is 0 Å². The number of likely N-dealkylation sites (tertiary alicyclic amines) is 1. The summed E-state index contributed by atoms with van der Waals surface area (Å²) in [6, 6.07) is -2.91. The molecule has 12 nitrogen and oxygen atoms in total. The molecule has 16 heteroatoms. The number of β-lactam (4-membered cyclic amide) rings is 2. The first-order chi connectivity index (χ1) is 18.2. The Labute approximate surface area is 248 Å². The summed E-state index contributed by atoms with van der Waals surface area (Å²) in [4.78, 5) is 60.2. The van der Waals surface area contributed by atoms with Gasteiger partial charge < -0.3 is 24.2 Å². The van der Waals surface area contributed by atoms with Crippen molar-refractivity contribution in [1.82, 2.24) is 14.7 Å². The van der Waals surface area contributed by atoms with Crippen LogP contribution in [0, 0.1) is 0 Å². The molecule has 0 bridgehead atoms. The van der Waals surface area contributed by atoms with E-state index in [2.05, 4.69) is 9.89 Å². The van der Waals surface area contributed by atoms with E-state index in [-0.39, 0.29) is 23.7 Å². The van der Waals surface area contributed by atoms with Gasteiger partial charge in [0.05, 0.1) is 6.34 Å². The van der Waals surface area contributed by atoms with Crippen molar-refractivity contribution in [2.75, 3.05) is 19.9 Å². The average Bonchev–Trinajstić information content (AvgIpc) is 3.03. The van der Waals surface area contributed by atoms with E-state index in [1.807, 2.05) is 13.8 Å². The molecule has 0 aromatic rings. The molecule has 5 rings (SSSR count). The molecule has 5 saturated heterocycles. The Morgan fingerprint density at radius 3 is 2.17 bits per heavy atom. The van der Waals surface area contributed by atoms with Crippen LogP contribution in [-0.2, 0) is 38.5 Å². The van der Waals surface area contributed by atoms with Crippen LogP contribution in [0.15, 0.2) is 4.99 Å². The second kappa shape index (κ2) is 10.8. The minimum Gasteiger partial charge on any atom is -0.426 e. The second-order valence-corrected chi connectivity index (χ2v) is 16.4. The van der Waals surface area contributed by atoms with Gasteiger partial charge in [-0.15, -0.1) is 35.8 Å². The number of carbonyl (C=O) groups excluding carboxylic acids is 4. The smallest absolute Gasteiger partial charge is 0.333 e. The van der Waals surface area contributed by atoms with E-state index in [4.69, 9.17) is 21.1 Å². The van der Waals surface area contributed by atoms with Gasteiger partial charge in [0, 0.05) is 17.8 Å². The number of halogens is 2. The van der Waals surface area contributed by atoms with Crippen LogP contribution in [0.1, 0.15) is 53.4 Å². The van der Waals surface area contributed by atoms with E-state index in [0.29, 0.717) is 0 Å². The monoisotopic (exact) mass is 640 g/mol. The Morgan fingerprint density at radius 1 is 1.00 bits per heavy atom. The van der Waals surface area contributed by atoms with Crippen molar-refractivity contribution in [2.45, 2.75) is 97.1 Å². The van der Waals surface area contributed by atoms with Crippen LogP contribution < -0.4 is 0 Å². The number of carbonyl (C=O) groups is 4. The number of alkyl halides is 1. The molecule has 5 aliphatic rings. The van der Waals surface area contributed by atoms with Gasteiger partial charge in [-0.1, -0.05) is 12.8 Å². The zero-order chi connectivity index (χ0) is 28.5. The van der Waals surface area contributed by atoms with Crippen LogP contribution in [0.25, 0.3) is 0 Å². The lowest BCUT2D eigenvalue weighted by atomic mass is 9.96. The minimum atomic E-state index is -3.94. The highest BCUT2D eigenvalue weighted by Gasteiger charge is 2.72. The third-order valence-electron chi connectivity index (χ3n) is 8.30. The second-order valence-electron chi connectivity index (χ2n) is 11.6. The van der Waals surface area contributed by atoms with Crippen molar-refractivity contribution in [3.63, 3.8) is 0 Å². The molecule has 40 heavy (non-hydrogen) atoms. The van der Waals surface area contributed by atoms with E-state index in [9.17, 15) is 27.6 Å². The number of hydrogen-bond donors (Lipinski definition) is 0. The maximum absolute atomic E-state index is 13.1. The van der Waals surface area contributed by atoms with Gasteiger partial charge in [0.15, 0.2) is 21.3 Å². The summed E-state index contributed by atoms with van der Waals surface area (Å²) in [6.45, 7) is 7.36. The number of ether oxygens (including phenoxy) is 2. The molecule has 224 valence electrons. The largest absolute Gasteiger partial charge is 0.426 e. The maximum atomic E-state index is 13.1. The van der Waals surface area contributed by atoms with Crippen molar-refractivity contribution >= 4 is 75.7 Å². The minimum absolute atomic E-state index is 0. The zero-order valence-electron chi connectivity index (χ0n) is 22.6. The SMILES string of the molecule is CC1(C)S[C@@H]2C(/N=C/N3CCCCCC3)C(=O)N2[C@H]1C(=O)OCOC(=O)[C@@H]1N2C(=O)[C@H](Cl)[C@H]2S(=O)(=O)C1(C)C.Cl. The molecule has 5 heterocycles. The molecule has 0 N–H and O–H groups in total. The first-order valence-electron chi connectivity index (χ1n) is 13.0. The molecular weight excluding hydrogens is 607 g/mol. The number of nitrogens with zero attached hydrogens (tertiary/aromatic N) is 4. The van der Waals surface area contributed by atoms with E-state index in [1.54, 1.807) is 6.34 Å². The third kappa shape index (κ3) is 4.66. The molecule has 0 aliphatic carbocycles. The van der Waals surface area contributed by atoms with Gasteiger partial charge in [-0.25, -0.2) is 18.0 Å². The first-order valence-corrected chi connectivity index (χ1v) is 15.9. The Hall–Kier alpha value is -1.77. The van der Waals surface area contributed by atoms with E-state index in [1.165, 1.54) is 43.4 Å². The highest BCUT2D eigenvalue weighted by Crippen LogP contribution is 2.52. The van der Waals surface area contributed by atoms with Gasteiger partial charge in [-0.3, -0.25) is 14.6 Å². The quantitative estimate of drug-likeness (QED) is 0.104. The predicted molar refractivity (Wildman–Crippen MR) is 150 cm³/mol. The standard InChI is InChI=1S/C24H33ClN4O8S2.ClH/c1-23(2)15(28-18(31)14(19(28)38-23)26-11-27-9-7-5-6-8-10-27)21(32)36-12-37-22(33)16-24(3,4)39(34,35)20-13(25)17(30)29(16)20;/h11,13-16,19-20H,5-10,12H2,1-4H3;1H/b26-11+;/t13-,14?,15-,16-,19+,20+;/m0./s1. The molecule has 0 aromatic heterocycles. The lowest BCUT2D eigenvalue weighted by Gasteiger charge is -2.42. The fourth-order valence-corrected chi connectivity index (χ4v) is 10.4. The van der Waals surface area contributed by atoms with Gasteiger partial charge in [-0.05, 0) is 40.5 Å². The van der Waals surface area contributed by atoms with Crippen molar-refractivity contribution in [1.29, 1.82) is 0 Å². The Kier molecular flexibility index (Phi) is 8.43. The molecule has 5 fully saturated rings. The lowest BCUT2D eigenvalue weighted by molar-refractivity contribution is -0.180. The number of hydrogen-bond acceptors (Lipinski definition) is 10. The molecule has 0 spiro atoms. The van der Waals surface area contributed by atoms with Gasteiger partial charge >= 0.3 is 11.9 Å². The number of amides is 2. The molecule has 0 aromatic carbocycles. The van der Waals surface area contributed by atoms with E-state index in [0.717, 1.165) is 30.8 Å². The van der Waals surface area contributed by atoms with E-state index >= 15 is 0 Å². The number of aliphatic imine (C=N–C) groups is 1. The number of thioether (sulfide) groups is 1. The van der Waals surface area contributed by atoms with Gasteiger partial charge in [0.2, 0.25) is 12.7 Å². The van der Waals surface area contributed by atoms with Crippen LogP contribution in [0.5, 0.6) is 0 Å². The molecule has 1 unspecified atom stereocenters. The van der Waals surface area contributed by atoms with Crippen molar-refractivity contribution < 1.29 is 37.1 Å². The molecule has 2 amide bonds. The summed E-state index contributed by atoms with van der Waals surface area (Å²) in [6.07, 6.45) is 6.32. The van der Waals surface area contributed by atoms with Crippen LogP contribution in [0.2, 0.25) is 0 Å².